The van der Waals surface area contributed by atoms with E-state index in [-0.39, 0.29) is 147 Å². The van der Waals surface area contributed by atoms with Gasteiger partial charge < -0.3 is 62.1 Å². The first-order valence-electron chi connectivity index (χ1n) is 33.2. The van der Waals surface area contributed by atoms with Gasteiger partial charge >= 0.3 is 47.8 Å². The van der Waals surface area contributed by atoms with Crippen molar-refractivity contribution in [1.82, 2.24) is 40.9 Å². The van der Waals surface area contributed by atoms with Crippen LogP contribution in [0, 0.1) is 15.4 Å². The molecule has 6 atom stereocenters. The number of amides is 4. The Bertz CT molecular complexity index is 2960. The van der Waals surface area contributed by atoms with Crippen LogP contribution in [0.1, 0.15) is 146 Å². The maximum Gasteiger partial charge on any atom is 0.326 e. The summed E-state index contributed by atoms with van der Waals surface area (Å²) in [6.07, 6.45) is 3.12. The van der Waals surface area contributed by atoms with Gasteiger partial charge in [-0.05, 0) is 123 Å². The number of carboxylic acid groups (broad SMARTS) is 7. The number of nitrogens with zero attached hydrogens (tertiary/aromatic N) is 4. The topological polar surface area (TPSA) is 462 Å². The molecule has 30 nitrogen and oxygen atoms in total. The highest BCUT2D eigenvalue weighted by Crippen LogP contribution is 2.25. The van der Waals surface area contributed by atoms with Gasteiger partial charge in [0.05, 0.1) is 35.2 Å². The zero-order valence-electron chi connectivity index (χ0n) is 55.6. The summed E-state index contributed by atoms with van der Waals surface area (Å²) in [6, 6.07) is 6.89. The Morgan fingerprint density at radius 1 is 0.469 bits per heavy atom. The van der Waals surface area contributed by atoms with Crippen LogP contribution in [-0.4, -0.2) is 246 Å². The number of benzene rings is 2. The minimum atomic E-state index is -1.53. The number of hydrogen-bond acceptors (Lipinski definition) is 19. The number of hydrogen-bond donors (Lipinski definition) is 12. The summed E-state index contributed by atoms with van der Waals surface area (Å²) in [5, 5.41) is 88.0. The van der Waals surface area contributed by atoms with Gasteiger partial charge in [-0.3, -0.25) is 72.3 Å². The molecule has 0 aliphatic carbocycles. The highest BCUT2D eigenvalue weighted by atomic mass is 127. The van der Waals surface area contributed by atoms with Gasteiger partial charge in [-0.15, -0.1) is 0 Å². The lowest BCUT2D eigenvalue weighted by atomic mass is 9.89. The Labute approximate surface area is 583 Å². The second-order valence-corrected chi connectivity index (χ2v) is 26.0. The predicted octanol–water partition coefficient (Wildman–Crippen LogP) is 3.93. The lowest BCUT2D eigenvalue weighted by molar-refractivity contribution is -0.145. The molecule has 12 N–H and O–H groups in total. The van der Waals surface area contributed by atoms with Crippen LogP contribution in [-0.2, 0) is 75.2 Å². The molecule has 3 rings (SSSR count). The molecular weight excluding hydrogens is 1400 g/mol. The highest BCUT2D eigenvalue weighted by Gasteiger charge is 2.34. The molecule has 1 aliphatic heterocycles. The zero-order chi connectivity index (χ0) is 72.7. The third-order valence-electron chi connectivity index (χ3n) is 16.8. The fraction of sp³-hybridized carbons (Fsp3) is 0.612. The molecule has 544 valence electrons. The molecule has 1 fully saturated rings. The van der Waals surface area contributed by atoms with Gasteiger partial charge in [-0.1, -0.05) is 62.1 Å². The number of urea groups is 1. The molecule has 98 heavy (non-hydrogen) atoms. The number of carboxylic acids is 7. The third-order valence-corrected chi connectivity index (χ3v) is 17.7. The lowest BCUT2D eigenvalue weighted by Crippen LogP contribution is -2.51. The van der Waals surface area contributed by atoms with Gasteiger partial charge in [0.2, 0.25) is 11.8 Å². The van der Waals surface area contributed by atoms with E-state index >= 15 is 0 Å². The van der Waals surface area contributed by atoms with E-state index in [1.54, 1.807) is 62.1 Å². The van der Waals surface area contributed by atoms with Crippen molar-refractivity contribution >= 4 is 105 Å². The fourth-order valence-corrected chi connectivity index (χ4v) is 12.0. The van der Waals surface area contributed by atoms with Gasteiger partial charge in [0.25, 0.3) is 0 Å². The van der Waals surface area contributed by atoms with E-state index in [0.717, 1.165) is 0 Å². The summed E-state index contributed by atoms with van der Waals surface area (Å²) in [6.45, 7) is 2.05. The van der Waals surface area contributed by atoms with Crippen molar-refractivity contribution in [1.29, 1.82) is 0 Å². The summed E-state index contributed by atoms with van der Waals surface area (Å²) in [5.41, 5.74) is 1.21. The normalized spacial score (nSPS) is 15.4. The van der Waals surface area contributed by atoms with E-state index < -0.39 is 134 Å². The van der Waals surface area contributed by atoms with Crippen LogP contribution in [0.2, 0.25) is 0 Å². The van der Waals surface area contributed by atoms with Gasteiger partial charge in [-0.25, -0.2) is 14.4 Å². The van der Waals surface area contributed by atoms with Crippen LogP contribution in [0.4, 0.5) is 4.79 Å². The first kappa shape index (κ1) is 84.2. The Morgan fingerprint density at radius 2 is 1.01 bits per heavy atom. The Morgan fingerprint density at radius 3 is 1.54 bits per heavy atom. The smallest absolute Gasteiger partial charge is 0.326 e. The van der Waals surface area contributed by atoms with Gasteiger partial charge in [0.15, 0.2) is 5.78 Å². The van der Waals surface area contributed by atoms with E-state index in [9.17, 15) is 103 Å². The predicted molar refractivity (Wildman–Crippen MR) is 362 cm³/mol. The molecule has 0 aromatic heterocycles. The van der Waals surface area contributed by atoms with Crippen LogP contribution in [0.5, 0.6) is 5.75 Å². The first-order chi connectivity index (χ1) is 46.5. The third kappa shape index (κ3) is 36.0. The Hall–Kier alpha value is -8.01. The highest BCUT2D eigenvalue weighted by molar-refractivity contribution is 14.1. The van der Waals surface area contributed by atoms with E-state index in [1.807, 2.05) is 22.6 Å². The summed E-state index contributed by atoms with van der Waals surface area (Å²) in [5.74, 6) is -13.2. The quantitative estimate of drug-likeness (QED) is 0.0330. The Balaban J connectivity index is 1.58. The van der Waals surface area contributed by atoms with Crippen LogP contribution < -0.4 is 21.3 Å². The molecular formula is C67H97IN8O22. The maximum absolute atomic E-state index is 14.6. The zero-order valence-corrected chi connectivity index (χ0v) is 57.7. The van der Waals surface area contributed by atoms with Crippen molar-refractivity contribution in [3.05, 3.63) is 63.2 Å². The van der Waals surface area contributed by atoms with Crippen molar-refractivity contribution < 1.29 is 108 Å². The van der Waals surface area contributed by atoms with Crippen molar-refractivity contribution in [2.75, 3.05) is 78.5 Å². The molecule has 2 aromatic carbocycles. The molecule has 2 aromatic rings. The second-order valence-electron chi connectivity index (χ2n) is 24.9. The van der Waals surface area contributed by atoms with E-state index in [1.165, 1.54) is 13.0 Å². The minimum absolute atomic E-state index is 0.000490. The average molecular weight is 1490 g/mol. The number of phenols is 1. The van der Waals surface area contributed by atoms with Crippen molar-refractivity contribution in [2.24, 2.45) is 11.8 Å². The number of rotatable bonds is 48. The number of Topliss-reactive ketones (excluding diaryl/α,β-unsaturated/α-hetero) is 4. The van der Waals surface area contributed by atoms with Gasteiger partial charge in [-0.2, -0.15) is 0 Å². The molecule has 0 bridgehead atoms. The van der Waals surface area contributed by atoms with E-state index in [2.05, 4.69) is 21.3 Å². The number of phenolic OH excluding ortho intramolecular Hbond substituents is 1. The minimum Gasteiger partial charge on any atom is -0.507 e. The molecule has 1 aliphatic rings. The molecule has 3 unspecified atom stereocenters. The SMILES string of the molecule is CC(=O)CN1CCN(CC(=O)O)CCN(CC(=O)O)CCN(C(CCC(=O)CC(Cc2ccc(O)c(I)c2)C(=O)N[C@H](Cc2ccccc2)C(=O)CC(CCCCCC(=O)CCCCCCC(=O)NCCCC[C@H](NC(=O)N[C@@H](CCC(=O)O)C(=O)O)C(=O)O)C(=O)O)C(=O)O)CC1. The summed E-state index contributed by atoms with van der Waals surface area (Å²) < 4.78 is 0.456. The summed E-state index contributed by atoms with van der Waals surface area (Å²) in [4.78, 5) is 183. The first-order valence-corrected chi connectivity index (χ1v) is 34.3. The number of nitrogens with one attached hydrogen (secondary N) is 4. The molecule has 31 heteroatoms. The van der Waals surface area contributed by atoms with Crippen LogP contribution >= 0.6 is 22.6 Å². The molecule has 1 saturated heterocycles. The number of unbranched alkanes of at least 4 members (excludes halogenated alkanes) is 6. The number of ketones is 4. The summed E-state index contributed by atoms with van der Waals surface area (Å²) >= 11 is 1.92. The van der Waals surface area contributed by atoms with E-state index in [4.69, 9.17) is 5.11 Å². The van der Waals surface area contributed by atoms with Gasteiger partial charge in [0, 0.05) is 110 Å². The van der Waals surface area contributed by atoms with Crippen molar-refractivity contribution in [3.8, 4) is 5.75 Å². The maximum atomic E-state index is 14.6. The van der Waals surface area contributed by atoms with Crippen molar-refractivity contribution in [2.45, 2.75) is 172 Å². The number of carbonyl (C=O) groups excluding carboxylic acids is 7. The van der Waals surface area contributed by atoms with Gasteiger partial charge in [0.1, 0.15) is 41.2 Å². The monoisotopic (exact) mass is 1490 g/mol. The molecule has 4 amide bonds. The van der Waals surface area contributed by atoms with Crippen molar-refractivity contribution in [3.63, 3.8) is 0 Å². The van der Waals surface area contributed by atoms with Crippen LogP contribution in [0.25, 0.3) is 0 Å². The molecule has 0 radical (unpaired) electrons. The molecule has 0 saturated carbocycles. The average Bonchev–Trinajstić information content (AvgIpc) is 0.897. The number of aromatic hydroxyl groups is 1. The second kappa shape index (κ2) is 46.3. The standard InChI is InChI=1S/C67H97IN8O22/c1-44(77)41-73-28-29-74(42-60(85)86)30-31-75(43-61(87)88)33-35-76(34-32-73)55(66(96)97)24-22-50(79)39-48(36-46-21-25-56(80)51(68)37-46)62(89)70-54(38-45-14-6-4-7-15-45)57(81)40-47(63(90)91)16-8-5-10-18-49(78)17-9-2-3-11-20-58(82)69-27-13-12-19-52(64(92)93)71-67(98)72-53(65(94)95)23-26-59(83)84/h4,6-7,14-15,21,25,37,47-48,52-55,80H,2-3,5,8-13,16-20,22-24,26-36,38-43H2,1H3,(H,69,82)(H,70,89)(H,83,84)(H,85,86)(H,87,88)(H,90,91)(H,92,93)(H,94,95)(H,96,97)(H2,71,72,98)/t47?,48?,52-,53-,54+,55?/m0/s1. The van der Waals surface area contributed by atoms with Crippen LogP contribution in [0.3, 0.4) is 0 Å². The largest absolute Gasteiger partial charge is 0.507 e. The number of halogens is 1. The number of aliphatic carboxylic acids is 7. The molecule has 1 heterocycles. The molecule has 0 spiro atoms. The lowest BCUT2D eigenvalue weighted by Gasteiger charge is -2.35. The Kier molecular flexibility index (Phi) is 39.8. The fourth-order valence-electron chi connectivity index (χ4n) is 11.4. The number of carbonyl (C=O) groups is 14. The van der Waals surface area contributed by atoms with E-state index in [0.29, 0.717) is 78.9 Å². The summed E-state index contributed by atoms with van der Waals surface area (Å²) in [7, 11) is 0. The van der Waals surface area contributed by atoms with Crippen LogP contribution in [0.15, 0.2) is 48.5 Å².